The number of hydrogen-bond donors (Lipinski definition) is 0. The summed E-state index contributed by atoms with van der Waals surface area (Å²) in [6, 6.07) is 116. The van der Waals surface area contributed by atoms with Gasteiger partial charge in [0.1, 0.15) is 11.2 Å². The van der Waals surface area contributed by atoms with Gasteiger partial charge < -0.3 is 18.5 Å². The monoisotopic (exact) mass is 1630 g/mol. The van der Waals surface area contributed by atoms with Gasteiger partial charge in [-0.2, -0.15) is 0 Å². The molecular weight excluding hydrogens is 1520 g/mol. The van der Waals surface area contributed by atoms with E-state index in [-0.39, 0.29) is 44.6 Å². The predicted molar refractivity (Wildman–Crippen MR) is 536 cm³/mol. The van der Waals surface area contributed by atoms with E-state index >= 15 is 0 Å². The average molecular weight is 1630 g/mol. The maximum Gasteiger partial charge on any atom is 0.249 e. The number of aromatic nitrogens is 2. The van der Waals surface area contributed by atoms with Gasteiger partial charge in [-0.05, 0) is 253 Å². The van der Waals surface area contributed by atoms with Crippen LogP contribution in [0.1, 0.15) is 184 Å². The molecule has 124 heavy (non-hydrogen) atoms. The lowest BCUT2D eigenvalue weighted by atomic mass is 9.34. The third-order valence-electron chi connectivity index (χ3n) is 26.8. The Balaban J connectivity index is 0.970. The third kappa shape index (κ3) is 13.8. The highest BCUT2D eigenvalue weighted by Crippen LogP contribution is 2.56. The number of fused-ring (bicyclic) bond motifs is 13. The van der Waals surface area contributed by atoms with E-state index < -0.39 is 0 Å². The summed E-state index contributed by atoms with van der Waals surface area (Å²) in [6.07, 6.45) is 0. The predicted octanol–water partition coefficient (Wildman–Crippen LogP) is 31.6. The van der Waals surface area contributed by atoms with E-state index in [1.165, 1.54) is 142 Å². The summed E-state index contributed by atoms with van der Waals surface area (Å²) in [5.74, 6) is 0. The summed E-state index contributed by atoms with van der Waals surface area (Å²) in [4.78, 5) is 5.32. The Bertz CT molecular complexity index is 7310. The zero-order valence-electron chi connectivity index (χ0n) is 76.0. The minimum absolute atomic E-state index is 0.0917. The molecule has 20 rings (SSSR count). The first-order valence-corrected chi connectivity index (χ1v) is 45.4. The highest BCUT2D eigenvalue weighted by atomic mass is 32.2. The summed E-state index contributed by atoms with van der Waals surface area (Å²) >= 11 is 1.94. The van der Waals surface area contributed by atoms with E-state index in [2.05, 4.69) is 457 Å². The second-order valence-electron chi connectivity index (χ2n) is 42.7. The molecule has 4 nitrogen and oxygen atoms in total. The Hall–Kier alpha value is -12.1. The molecule has 5 heterocycles. The fraction of sp³-hybridized carbons (Fsp3) is 0.237. The molecule has 0 radical (unpaired) electrons. The van der Waals surface area contributed by atoms with Crippen molar-refractivity contribution < 1.29 is 4.42 Å². The summed E-state index contributed by atoms with van der Waals surface area (Å²) < 4.78 is 12.3. The highest BCUT2D eigenvalue weighted by Gasteiger charge is 2.44. The fourth-order valence-corrected chi connectivity index (χ4v) is 20.8. The number of nitrogens with zero attached hydrogens (tertiary/aromatic N) is 3. The molecule has 0 unspecified atom stereocenters. The lowest BCUT2D eigenvalue weighted by Gasteiger charge is -2.42. The minimum Gasteiger partial charge on any atom is -0.456 e. The molecule has 2 aliphatic heterocycles. The fourth-order valence-electron chi connectivity index (χ4n) is 19.6. The maximum atomic E-state index is 7.11. The lowest BCUT2D eigenvalue weighted by Crippen LogP contribution is -2.60. The van der Waals surface area contributed by atoms with Crippen molar-refractivity contribution in [3.63, 3.8) is 0 Å². The molecular formula is C118H112BN3OS. The second kappa shape index (κ2) is 28.7. The van der Waals surface area contributed by atoms with Crippen molar-refractivity contribution in [2.45, 2.75) is 193 Å². The van der Waals surface area contributed by atoms with Crippen molar-refractivity contribution in [1.82, 2.24) is 9.13 Å². The van der Waals surface area contributed by atoms with Crippen molar-refractivity contribution >= 4 is 117 Å². The van der Waals surface area contributed by atoms with Crippen LogP contribution in [0.2, 0.25) is 0 Å². The van der Waals surface area contributed by atoms with Gasteiger partial charge in [-0.25, -0.2) is 0 Å². The molecule has 2 aliphatic rings. The van der Waals surface area contributed by atoms with Crippen LogP contribution in [0.4, 0.5) is 17.1 Å². The lowest BCUT2D eigenvalue weighted by molar-refractivity contribution is 0.569. The summed E-state index contributed by atoms with van der Waals surface area (Å²) in [5.41, 5.74) is 37.8. The molecule has 6 heteroatoms. The first-order valence-electron chi connectivity index (χ1n) is 44.6. The summed E-state index contributed by atoms with van der Waals surface area (Å²) in [6.45, 7) is 49.4. The van der Waals surface area contributed by atoms with Crippen LogP contribution >= 0.6 is 11.8 Å². The normalized spacial score (nSPS) is 13.5. The van der Waals surface area contributed by atoms with Gasteiger partial charge in [0.25, 0.3) is 0 Å². The Labute approximate surface area is 738 Å². The number of para-hydroxylation sites is 2. The molecule has 0 atom stereocenters. The Morgan fingerprint density at radius 3 is 1.30 bits per heavy atom. The average Bonchev–Trinajstić information content (AvgIpc) is 0.881. The van der Waals surface area contributed by atoms with E-state index in [4.69, 9.17) is 4.42 Å². The molecule has 0 saturated carbocycles. The molecule has 0 bridgehead atoms. The first kappa shape index (κ1) is 80.3. The Morgan fingerprint density at radius 2 is 0.710 bits per heavy atom. The van der Waals surface area contributed by atoms with Crippen LogP contribution in [0.15, 0.2) is 311 Å². The molecule has 0 amide bonds. The van der Waals surface area contributed by atoms with Gasteiger partial charge in [0, 0.05) is 76.0 Å². The van der Waals surface area contributed by atoms with Crippen LogP contribution in [0.5, 0.6) is 0 Å². The van der Waals surface area contributed by atoms with Crippen LogP contribution in [0, 0.1) is 0 Å². The van der Waals surface area contributed by atoms with Gasteiger partial charge in [0.05, 0.1) is 27.8 Å². The van der Waals surface area contributed by atoms with E-state index in [0.717, 1.165) is 83.7 Å². The molecule has 0 N–H and O–H groups in total. The van der Waals surface area contributed by atoms with Crippen LogP contribution < -0.4 is 21.3 Å². The van der Waals surface area contributed by atoms with E-state index in [1.54, 1.807) is 0 Å². The Kier molecular flexibility index (Phi) is 18.6. The number of rotatable bonds is 9. The van der Waals surface area contributed by atoms with Crippen molar-refractivity contribution in [3.8, 4) is 78.1 Å². The third-order valence-corrected chi connectivity index (χ3v) is 27.9. The van der Waals surface area contributed by atoms with E-state index in [1.807, 2.05) is 11.8 Å². The second-order valence-corrected chi connectivity index (χ2v) is 43.8. The zero-order valence-corrected chi connectivity index (χ0v) is 76.8. The molecule has 3 aromatic heterocycles. The van der Waals surface area contributed by atoms with Gasteiger partial charge in [0.2, 0.25) is 6.71 Å². The summed E-state index contributed by atoms with van der Waals surface area (Å²) in [7, 11) is 0. The van der Waals surface area contributed by atoms with Crippen LogP contribution in [-0.2, 0) is 37.9 Å². The van der Waals surface area contributed by atoms with E-state index in [0.29, 0.717) is 0 Å². The van der Waals surface area contributed by atoms with Gasteiger partial charge >= 0.3 is 0 Å². The highest BCUT2D eigenvalue weighted by molar-refractivity contribution is 8.00. The molecule has 0 aliphatic carbocycles. The largest absolute Gasteiger partial charge is 0.456 e. The quantitative estimate of drug-likeness (QED) is 0.135. The number of hydrogen-bond acceptors (Lipinski definition) is 3. The van der Waals surface area contributed by atoms with Crippen LogP contribution in [-0.4, -0.2) is 15.8 Å². The van der Waals surface area contributed by atoms with Gasteiger partial charge in [-0.1, -0.05) is 351 Å². The molecule has 614 valence electrons. The smallest absolute Gasteiger partial charge is 0.249 e. The molecule has 18 aromatic rings. The van der Waals surface area contributed by atoms with E-state index in [9.17, 15) is 0 Å². The number of anilines is 3. The molecule has 15 aromatic carbocycles. The molecule has 0 fully saturated rings. The van der Waals surface area contributed by atoms with Crippen molar-refractivity contribution in [3.05, 3.63) is 336 Å². The minimum atomic E-state index is -0.347. The topological polar surface area (TPSA) is 26.2 Å². The SMILES string of the molecule is CC(C)(C)c1cc(-c2ccccc2)cc(-c2ccc3c(c2)B2c4ccc(-n5c6ccc(C(C)(C)C)cc6c6cc(C(C)(C)C)ccc65)cc4N(c4c(-c5cccc6oc7ccccc7c56)cc(C(C)(C)C)cc4-c4cccc5c4c4ccccc4n5-c4cc(-c5ccccc5)cc(C(C)(C)C)c4)c4cc(-c5cc(C(C)(C)C)cc(C(C)(C)C)c5)cc(c42)S3)c1. The number of furan rings is 1. The molecule has 0 spiro atoms. The van der Waals surface area contributed by atoms with Crippen LogP contribution in [0.3, 0.4) is 0 Å². The Morgan fingerprint density at radius 1 is 0.250 bits per heavy atom. The van der Waals surface area contributed by atoms with Gasteiger partial charge in [-0.15, -0.1) is 0 Å². The van der Waals surface area contributed by atoms with Crippen molar-refractivity contribution in [1.29, 1.82) is 0 Å². The molecule has 0 saturated heterocycles. The van der Waals surface area contributed by atoms with Crippen molar-refractivity contribution in [2.75, 3.05) is 4.90 Å². The zero-order chi connectivity index (χ0) is 86.5. The standard InChI is InChI=1S/C118H112BN3OS/c1-112(2,3)79-47-51-99-92(66-79)93-67-80(113(4,5)6)48-52-100(93)120(99)86-49-50-96-102(70-86)122(103-62-78(76-57-82(115(10,11)12)64-83(58-76)116(13,14)15)63-107-110(103)119(96)97-61-73(46-53-106(97)124-107)75-54-74(71-34-24-22-25-35-71)55-81(56-75)114(7,8)9)111-94(68-85(118(19,20)21)69-95(111)89-41-33-45-105-109(89)91-39-29-31-44-104(91)123-105)88-40-32-43-101-108(88)90-38-28-30-42-98(90)121(101)87-60-77(72-36-26-23-27-37-72)59-84(65-87)117(16,17)18/h22-70H,1-21H3. The first-order chi connectivity index (χ1) is 58.9. The van der Waals surface area contributed by atoms with Gasteiger partial charge in [0.15, 0.2) is 0 Å². The van der Waals surface area contributed by atoms with Crippen LogP contribution in [0.25, 0.3) is 144 Å². The maximum absolute atomic E-state index is 7.11. The summed E-state index contributed by atoms with van der Waals surface area (Å²) in [5, 5.41) is 7.05. The number of benzene rings is 15. The van der Waals surface area contributed by atoms with Gasteiger partial charge in [-0.3, -0.25) is 0 Å². The van der Waals surface area contributed by atoms with Crippen molar-refractivity contribution in [2.24, 2.45) is 0 Å².